The van der Waals surface area contributed by atoms with Gasteiger partial charge in [0, 0.05) is 24.5 Å². The molecule has 0 aromatic carbocycles. The van der Waals surface area contributed by atoms with Crippen LogP contribution in [0.25, 0.3) is 0 Å². The summed E-state index contributed by atoms with van der Waals surface area (Å²) in [6.45, 7) is 0. The maximum absolute atomic E-state index is 4.59. The number of fused-ring (bicyclic) bond motifs is 2. The first kappa shape index (κ1) is 11.8. The van der Waals surface area contributed by atoms with Crippen LogP contribution in [0.1, 0.15) is 63.8 Å². The zero-order valence-electron chi connectivity index (χ0n) is 11.7. The van der Waals surface area contributed by atoms with E-state index in [1.54, 1.807) is 0 Å². The van der Waals surface area contributed by atoms with E-state index in [1.165, 1.54) is 57.8 Å². The first-order chi connectivity index (χ1) is 9.40. The van der Waals surface area contributed by atoms with Crippen LogP contribution in [0.15, 0.2) is 12.4 Å². The molecule has 1 aromatic heterocycles. The first-order valence-corrected chi connectivity index (χ1v) is 8.19. The van der Waals surface area contributed by atoms with Crippen LogP contribution in [0.5, 0.6) is 0 Å². The molecule has 0 spiro atoms. The molecule has 4 rings (SSSR count). The molecule has 0 saturated heterocycles. The van der Waals surface area contributed by atoms with E-state index in [2.05, 4.69) is 21.1 Å². The molecule has 0 aliphatic heterocycles. The van der Waals surface area contributed by atoms with Crippen LogP contribution in [0.2, 0.25) is 0 Å². The third-order valence-electron chi connectivity index (χ3n) is 5.69. The molecule has 1 heterocycles. The lowest BCUT2D eigenvalue weighted by atomic mass is 9.95. The average molecular weight is 259 g/mol. The molecular weight excluding hydrogens is 234 g/mol. The van der Waals surface area contributed by atoms with E-state index < -0.39 is 0 Å². The second kappa shape index (κ2) is 4.84. The van der Waals surface area contributed by atoms with Gasteiger partial charge in [-0.25, -0.2) is 4.98 Å². The Morgan fingerprint density at radius 1 is 1.05 bits per heavy atom. The van der Waals surface area contributed by atoms with E-state index in [9.17, 15) is 0 Å². The van der Waals surface area contributed by atoms with Crippen molar-refractivity contribution in [3.05, 3.63) is 12.4 Å². The van der Waals surface area contributed by atoms with Crippen LogP contribution in [0, 0.1) is 11.8 Å². The highest BCUT2D eigenvalue weighted by atomic mass is 15.2. The van der Waals surface area contributed by atoms with Gasteiger partial charge < -0.3 is 9.88 Å². The molecule has 3 atom stereocenters. The van der Waals surface area contributed by atoms with Crippen molar-refractivity contribution in [2.45, 2.75) is 69.9 Å². The second-order valence-electron chi connectivity index (χ2n) is 6.88. The molecule has 3 saturated carbocycles. The van der Waals surface area contributed by atoms with E-state index in [0.29, 0.717) is 12.1 Å². The Hall–Kier alpha value is -0.990. The van der Waals surface area contributed by atoms with Gasteiger partial charge in [-0.1, -0.05) is 25.7 Å². The summed E-state index contributed by atoms with van der Waals surface area (Å²) in [6, 6.07) is 1.39. The summed E-state index contributed by atoms with van der Waals surface area (Å²) >= 11 is 0. The first-order valence-electron chi connectivity index (χ1n) is 8.19. The monoisotopic (exact) mass is 259 g/mol. The zero-order chi connectivity index (χ0) is 12.7. The lowest BCUT2D eigenvalue weighted by Crippen LogP contribution is -2.28. The van der Waals surface area contributed by atoms with E-state index in [0.717, 1.165) is 17.8 Å². The Labute approximate surface area is 115 Å². The summed E-state index contributed by atoms with van der Waals surface area (Å²) in [5.74, 6) is 3.06. The standard InChI is InChI=1S/C16H25N3/c1-2-4-14(5-3-1)19-9-8-17-16(19)18-15-11-12-6-7-13(15)10-12/h8-9,12-15H,1-7,10-11H2,(H,17,18). The fourth-order valence-electron chi connectivity index (χ4n) is 4.67. The van der Waals surface area contributed by atoms with Gasteiger partial charge in [-0.3, -0.25) is 0 Å². The highest BCUT2D eigenvalue weighted by Gasteiger charge is 2.40. The van der Waals surface area contributed by atoms with E-state index in [4.69, 9.17) is 0 Å². The molecule has 104 valence electrons. The van der Waals surface area contributed by atoms with Crippen molar-refractivity contribution < 1.29 is 0 Å². The molecule has 3 aliphatic carbocycles. The number of hydrogen-bond acceptors (Lipinski definition) is 2. The Morgan fingerprint density at radius 2 is 1.95 bits per heavy atom. The minimum atomic E-state index is 0.692. The zero-order valence-corrected chi connectivity index (χ0v) is 11.7. The maximum Gasteiger partial charge on any atom is 0.203 e. The highest BCUT2D eigenvalue weighted by molar-refractivity contribution is 5.30. The van der Waals surface area contributed by atoms with Crippen molar-refractivity contribution in [1.82, 2.24) is 9.55 Å². The summed E-state index contributed by atoms with van der Waals surface area (Å²) in [5.41, 5.74) is 0. The third kappa shape index (κ3) is 2.17. The van der Waals surface area contributed by atoms with Crippen molar-refractivity contribution in [2.75, 3.05) is 5.32 Å². The molecule has 3 unspecified atom stereocenters. The molecule has 1 aromatic rings. The van der Waals surface area contributed by atoms with Gasteiger partial charge in [-0.05, 0) is 43.9 Å². The molecule has 1 N–H and O–H groups in total. The van der Waals surface area contributed by atoms with Crippen LogP contribution in [-0.4, -0.2) is 15.6 Å². The molecule has 0 radical (unpaired) electrons. The normalized spacial score (nSPS) is 34.8. The minimum absolute atomic E-state index is 0.692. The van der Waals surface area contributed by atoms with Gasteiger partial charge in [0.2, 0.25) is 5.95 Å². The number of imidazole rings is 1. The van der Waals surface area contributed by atoms with Crippen LogP contribution in [0.4, 0.5) is 5.95 Å². The molecule has 19 heavy (non-hydrogen) atoms. The van der Waals surface area contributed by atoms with Gasteiger partial charge in [0.15, 0.2) is 0 Å². The summed E-state index contributed by atoms with van der Waals surface area (Å²) in [6.07, 6.45) is 16.8. The molecule has 0 amide bonds. The topological polar surface area (TPSA) is 29.9 Å². The fraction of sp³-hybridized carbons (Fsp3) is 0.812. The third-order valence-corrected chi connectivity index (χ3v) is 5.69. The molecule has 3 heteroatoms. The van der Waals surface area contributed by atoms with Crippen molar-refractivity contribution in [2.24, 2.45) is 11.8 Å². The summed E-state index contributed by atoms with van der Waals surface area (Å²) in [7, 11) is 0. The van der Waals surface area contributed by atoms with Crippen LogP contribution >= 0.6 is 0 Å². The maximum atomic E-state index is 4.59. The Morgan fingerprint density at radius 3 is 2.68 bits per heavy atom. The van der Waals surface area contributed by atoms with Gasteiger partial charge in [-0.15, -0.1) is 0 Å². The highest BCUT2D eigenvalue weighted by Crippen LogP contribution is 2.45. The van der Waals surface area contributed by atoms with Crippen molar-refractivity contribution >= 4 is 5.95 Å². The average Bonchev–Trinajstić information content (AvgIpc) is 3.16. The van der Waals surface area contributed by atoms with Crippen LogP contribution < -0.4 is 5.32 Å². The summed E-state index contributed by atoms with van der Waals surface area (Å²) in [4.78, 5) is 4.59. The lowest BCUT2D eigenvalue weighted by molar-refractivity contribution is 0.353. The van der Waals surface area contributed by atoms with Crippen molar-refractivity contribution in [3.63, 3.8) is 0 Å². The summed E-state index contributed by atoms with van der Waals surface area (Å²) < 4.78 is 2.42. The Bertz CT molecular complexity index is 433. The van der Waals surface area contributed by atoms with Crippen molar-refractivity contribution in [1.29, 1.82) is 0 Å². The minimum Gasteiger partial charge on any atom is -0.353 e. The number of nitrogens with one attached hydrogen (secondary N) is 1. The molecule has 2 bridgehead atoms. The van der Waals surface area contributed by atoms with Crippen molar-refractivity contribution in [3.8, 4) is 0 Å². The molecular formula is C16H25N3. The van der Waals surface area contributed by atoms with Gasteiger partial charge in [-0.2, -0.15) is 0 Å². The second-order valence-corrected chi connectivity index (χ2v) is 6.88. The SMILES string of the molecule is c1cn(C2CCCCC2)c(NC2CC3CCC2C3)n1. The molecule has 3 fully saturated rings. The van der Waals surface area contributed by atoms with Gasteiger partial charge in [0.25, 0.3) is 0 Å². The number of rotatable bonds is 3. The predicted molar refractivity (Wildman–Crippen MR) is 77.2 cm³/mol. The largest absolute Gasteiger partial charge is 0.353 e. The van der Waals surface area contributed by atoms with Gasteiger partial charge in [0.1, 0.15) is 0 Å². The van der Waals surface area contributed by atoms with Gasteiger partial charge in [0.05, 0.1) is 0 Å². The fourth-order valence-corrected chi connectivity index (χ4v) is 4.67. The van der Waals surface area contributed by atoms with Gasteiger partial charge >= 0.3 is 0 Å². The molecule has 3 nitrogen and oxygen atoms in total. The number of nitrogens with zero attached hydrogens (tertiary/aromatic N) is 2. The van der Waals surface area contributed by atoms with E-state index in [1.807, 2.05) is 6.20 Å². The number of aromatic nitrogens is 2. The van der Waals surface area contributed by atoms with E-state index in [-0.39, 0.29) is 0 Å². The lowest BCUT2D eigenvalue weighted by Gasteiger charge is -2.28. The molecule has 3 aliphatic rings. The van der Waals surface area contributed by atoms with Crippen LogP contribution in [-0.2, 0) is 0 Å². The number of anilines is 1. The van der Waals surface area contributed by atoms with Crippen LogP contribution in [0.3, 0.4) is 0 Å². The quantitative estimate of drug-likeness (QED) is 0.889. The summed E-state index contributed by atoms with van der Waals surface area (Å²) in [5, 5.41) is 3.77. The smallest absolute Gasteiger partial charge is 0.203 e. The Balaban J connectivity index is 1.47. The number of hydrogen-bond donors (Lipinski definition) is 1. The van der Waals surface area contributed by atoms with E-state index >= 15 is 0 Å². The Kier molecular flexibility index (Phi) is 3.01. The predicted octanol–water partition coefficient (Wildman–Crippen LogP) is 3.99.